The minimum absolute atomic E-state index is 0.204. The third-order valence-electron chi connectivity index (χ3n) is 2.28. The van der Waals surface area contributed by atoms with Crippen molar-refractivity contribution in [3.8, 4) is 0 Å². The highest BCUT2D eigenvalue weighted by molar-refractivity contribution is 5.01. The maximum Gasteiger partial charge on any atom is 0.0492 e. The number of aryl methyl sites for hydroxylation is 1. The molecule has 15 heavy (non-hydrogen) atoms. The average Bonchev–Trinajstić information content (AvgIpc) is 2.51. The predicted octanol–water partition coefficient (Wildman–Crippen LogP) is 2.22. The first-order valence-corrected chi connectivity index (χ1v) is 5.78. The van der Waals surface area contributed by atoms with Crippen molar-refractivity contribution in [1.82, 2.24) is 15.1 Å². The van der Waals surface area contributed by atoms with Gasteiger partial charge in [0.2, 0.25) is 0 Å². The number of nitrogens with zero attached hydrogens (tertiary/aromatic N) is 2. The lowest BCUT2D eigenvalue weighted by Gasteiger charge is -2.20. The topological polar surface area (TPSA) is 29.9 Å². The second-order valence-electron chi connectivity index (χ2n) is 4.97. The average molecular weight is 209 g/mol. The Labute approximate surface area is 92.9 Å². The van der Waals surface area contributed by atoms with Gasteiger partial charge >= 0.3 is 0 Å². The van der Waals surface area contributed by atoms with E-state index in [-0.39, 0.29) is 5.54 Å². The smallest absolute Gasteiger partial charge is 0.0492 e. The molecule has 0 saturated carbocycles. The van der Waals surface area contributed by atoms with Crippen LogP contribution in [0.5, 0.6) is 0 Å². The van der Waals surface area contributed by atoms with Gasteiger partial charge in [-0.1, -0.05) is 6.92 Å². The van der Waals surface area contributed by atoms with Crippen LogP contribution in [-0.4, -0.2) is 21.9 Å². The SMILES string of the molecule is CCCn1nccc1CCNC(C)(C)C. The molecule has 0 amide bonds. The standard InChI is InChI=1S/C12H23N3/c1-5-10-15-11(7-9-14-15)6-8-13-12(2,3)4/h7,9,13H,5-6,8,10H2,1-4H3. The molecule has 0 spiro atoms. The molecule has 1 N–H and O–H groups in total. The lowest BCUT2D eigenvalue weighted by molar-refractivity contribution is 0.424. The molecule has 3 heteroatoms. The maximum atomic E-state index is 4.31. The fourth-order valence-corrected chi connectivity index (χ4v) is 1.55. The van der Waals surface area contributed by atoms with Crippen molar-refractivity contribution in [3.05, 3.63) is 18.0 Å². The van der Waals surface area contributed by atoms with Crippen LogP contribution in [0.25, 0.3) is 0 Å². The number of hydrogen-bond acceptors (Lipinski definition) is 2. The van der Waals surface area contributed by atoms with Gasteiger partial charge in [0.25, 0.3) is 0 Å². The normalized spacial score (nSPS) is 12.0. The van der Waals surface area contributed by atoms with Crippen LogP contribution < -0.4 is 5.32 Å². The van der Waals surface area contributed by atoms with Crippen molar-refractivity contribution in [2.45, 2.75) is 52.6 Å². The molecule has 1 aromatic heterocycles. The molecule has 0 bridgehead atoms. The molecule has 0 atom stereocenters. The Morgan fingerprint density at radius 2 is 2.13 bits per heavy atom. The molecule has 3 nitrogen and oxygen atoms in total. The number of rotatable bonds is 5. The van der Waals surface area contributed by atoms with Crippen LogP contribution >= 0.6 is 0 Å². The Morgan fingerprint density at radius 1 is 1.40 bits per heavy atom. The van der Waals surface area contributed by atoms with Crippen LogP contribution in [0.4, 0.5) is 0 Å². The van der Waals surface area contributed by atoms with Crippen LogP contribution in [0, 0.1) is 0 Å². The van der Waals surface area contributed by atoms with Crippen molar-refractivity contribution in [1.29, 1.82) is 0 Å². The van der Waals surface area contributed by atoms with Gasteiger partial charge in [-0.15, -0.1) is 0 Å². The highest BCUT2D eigenvalue weighted by Gasteiger charge is 2.08. The van der Waals surface area contributed by atoms with Gasteiger partial charge in [-0.3, -0.25) is 4.68 Å². The fraction of sp³-hybridized carbons (Fsp3) is 0.750. The van der Waals surface area contributed by atoms with Crippen LogP contribution in [0.15, 0.2) is 12.3 Å². The third kappa shape index (κ3) is 4.47. The molecule has 0 aromatic carbocycles. The summed E-state index contributed by atoms with van der Waals surface area (Å²) in [6.07, 6.45) is 4.08. The molecule has 0 aliphatic carbocycles. The van der Waals surface area contributed by atoms with Crippen molar-refractivity contribution in [2.75, 3.05) is 6.54 Å². The van der Waals surface area contributed by atoms with Crippen LogP contribution in [0.1, 0.15) is 39.8 Å². The molecule has 1 aromatic rings. The van der Waals surface area contributed by atoms with Crippen LogP contribution in [-0.2, 0) is 13.0 Å². The Balaban J connectivity index is 2.40. The zero-order chi connectivity index (χ0) is 11.3. The highest BCUT2D eigenvalue weighted by Crippen LogP contribution is 2.03. The Hall–Kier alpha value is -0.830. The summed E-state index contributed by atoms with van der Waals surface area (Å²) in [5.41, 5.74) is 1.53. The summed E-state index contributed by atoms with van der Waals surface area (Å²) >= 11 is 0. The summed E-state index contributed by atoms with van der Waals surface area (Å²) in [5, 5.41) is 7.80. The third-order valence-corrected chi connectivity index (χ3v) is 2.28. The Kier molecular flexibility index (Phi) is 4.33. The molecule has 0 unspecified atom stereocenters. The van der Waals surface area contributed by atoms with E-state index in [2.05, 4.69) is 48.9 Å². The zero-order valence-electron chi connectivity index (χ0n) is 10.4. The summed E-state index contributed by atoms with van der Waals surface area (Å²) < 4.78 is 2.10. The molecule has 0 aliphatic heterocycles. The molecule has 86 valence electrons. The van der Waals surface area contributed by atoms with Crippen LogP contribution in [0.2, 0.25) is 0 Å². The van der Waals surface area contributed by atoms with Crippen molar-refractivity contribution in [3.63, 3.8) is 0 Å². The van der Waals surface area contributed by atoms with Crippen molar-refractivity contribution in [2.24, 2.45) is 0 Å². The van der Waals surface area contributed by atoms with Gasteiger partial charge in [-0.2, -0.15) is 5.10 Å². The summed E-state index contributed by atoms with van der Waals surface area (Å²) in [7, 11) is 0. The summed E-state index contributed by atoms with van der Waals surface area (Å²) in [4.78, 5) is 0. The molecule has 0 saturated heterocycles. The summed E-state index contributed by atoms with van der Waals surface area (Å²) in [5.74, 6) is 0. The number of aromatic nitrogens is 2. The van der Waals surface area contributed by atoms with E-state index in [1.165, 1.54) is 5.69 Å². The van der Waals surface area contributed by atoms with Gasteiger partial charge in [0.15, 0.2) is 0 Å². The lowest BCUT2D eigenvalue weighted by atomic mass is 10.1. The van der Waals surface area contributed by atoms with Gasteiger partial charge in [0, 0.05) is 36.9 Å². The second-order valence-corrected chi connectivity index (χ2v) is 4.97. The molecule has 1 heterocycles. The van der Waals surface area contributed by atoms with E-state index >= 15 is 0 Å². The maximum absolute atomic E-state index is 4.31. The second kappa shape index (κ2) is 5.31. The molecule has 1 rings (SSSR count). The van der Waals surface area contributed by atoms with E-state index in [9.17, 15) is 0 Å². The van der Waals surface area contributed by atoms with E-state index in [4.69, 9.17) is 0 Å². The van der Waals surface area contributed by atoms with E-state index in [0.717, 1.165) is 25.9 Å². The molecule has 0 aliphatic rings. The van der Waals surface area contributed by atoms with Gasteiger partial charge < -0.3 is 5.32 Å². The number of nitrogens with one attached hydrogen (secondary N) is 1. The number of hydrogen-bond donors (Lipinski definition) is 1. The minimum Gasteiger partial charge on any atom is -0.312 e. The van der Waals surface area contributed by atoms with Gasteiger partial charge in [0.1, 0.15) is 0 Å². The van der Waals surface area contributed by atoms with E-state index in [1.807, 2.05) is 6.20 Å². The minimum atomic E-state index is 0.204. The Bertz CT molecular complexity index is 283. The predicted molar refractivity (Wildman–Crippen MR) is 64.0 cm³/mol. The quantitative estimate of drug-likeness (QED) is 0.806. The lowest BCUT2D eigenvalue weighted by Crippen LogP contribution is -2.37. The molecule has 0 fully saturated rings. The van der Waals surface area contributed by atoms with Crippen molar-refractivity contribution >= 4 is 0 Å². The first-order valence-electron chi connectivity index (χ1n) is 5.78. The van der Waals surface area contributed by atoms with Gasteiger partial charge in [0.05, 0.1) is 0 Å². The Morgan fingerprint density at radius 3 is 2.73 bits per heavy atom. The first-order chi connectivity index (χ1) is 7.03. The van der Waals surface area contributed by atoms with Crippen molar-refractivity contribution < 1.29 is 0 Å². The zero-order valence-corrected chi connectivity index (χ0v) is 10.4. The van der Waals surface area contributed by atoms with Gasteiger partial charge in [-0.05, 0) is 33.3 Å². The summed E-state index contributed by atoms with van der Waals surface area (Å²) in [6.45, 7) is 10.8. The van der Waals surface area contributed by atoms with Crippen LogP contribution in [0.3, 0.4) is 0 Å². The van der Waals surface area contributed by atoms with E-state index in [0.29, 0.717) is 0 Å². The molecule has 0 radical (unpaired) electrons. The van der Waals surface area contributed by atoms with Gasteiger partial charge in [-0.25, -0.2) is 0 Å². The summed E-state index contributed by atoms with van der Waals surface area (Å²) in [6, 6.07) is 2.11. The largest absolute Gasteiger partial charge is 0.312 e. The fourth-order valence-electron chi connectivity index (χ4n) is 1.55. The monoisotopic (exact) mass is 209 g/mol. The molecular weight excluding hydrogens is 186 g/mol. The van der Waals surface area contributed by atoms with E-state index < -0.39 is 0 Å². The first kappa shape index (κ1) is 12.2. The van der Waals surface area contributed by atoms with E-state index in [1.54, 1.807) is 0 Å². The molecular formula is C12H23N3. The highest BCUT2D eigenvalue weighted by atomic mass is 15.3.